The van der Waals surface area contributed by atoms with Crippen LogP contribution in [0.25, 0.3) is 0 Å². The maximum Gasteiger partial charge on any atom is 0.213 e. The Balaban J connectivity index is 2.50. The summed E-state index contributed by atoms with van der Waals surface area (Å²) in [5.41, 5.74) is 2.30. The summed E-state index contributed by atoms with van der Waals surface area (Å²) in [4.78, 5) is 12.2. The number of benzene rings is 1. The van der Waals surface area contributed by atoms with Gasteiger partial charge in [-0.1, -0.05) is 17.3 Å². The van der Waals surface area contributed by atoms with Gasteiger partial charge in [-0.2, -0.15) is 0 Å². The van der Waals surface area contributed by atoms with Gasteiger partial charge in [0.1, 0.15) is 5.69 Å². The van der Waals surface area contributed by atoms with Crippen molar-refractivity contribution in [2.75, 3.05) is 0 Å². The lowest BCUT2D eigenvalue weighted by Gasteiger charge is -2.05. The SMILES string of the molecule is Cc1cccc(C(=O)c2cnnn2C)c1I. The highest BCUT2D eigenvalue weighted by atomic mass is 127. The molecule has 0 unspecified atom stereocenters. The number of nitrogens with zero attached hydrogens (tertiary/aromatic N) is 3. The van der Waals surface area contributed by atoms with Crippen LogP contribution in [0.1, 0.15) is 21.6 Å². The van der Waals surface area contributed by atoms with Gasteiger partial charge in [0, 0.05) is 16.2 Å². The van der Waals surface area contributed by atoms with Crippen molar-refractivity contribution in [1.82, 2.24) is 15.0 Å². The van der Waals surface area contributed by atoms with E-state index in [2.05, 4.69) is 32.9 Å². The molecule has 1 aromatic carbocycles. The summed E-state index contributed by atoms with van der Waals surface area (Å²) in [6.07, 6.45) is 1.49. The molecule has 2 aromatic rings. The predicted molar refractivity (Wildman–Crippen MR) is 68.3 cm³/mol. The van der Waals surface area contributed by atoms with Gasteiger partial charge in [0.15, 0.2) is 0 Å². The molecule has 0 saturated heterocycles. The van der Waals surface area contributed by atoms with E-state index in [0.29, 0.717) is 11.3 Å². The topological polar surface area (TPSA) is 47.8 Å². The zero-order valence-corrected chi connectivity index (χ0v) is 11.1. The Morgan fingerprint density at radius 2 is 2.19 bits per heavy atom. The number of aromatic nitrogens is 3. The maximum absolute atomic E-state index is 12.2. The van der Waals surface area contributed by atoms with Crippen LogP contribution >= 0.6 is 22.6 Å². The zero-order valence-electron chi connectivity index (χ0n) is 8.94. The van der Waals surface area contributed by atoms with Crippen molar-refractivity contribution in [2.24, 2.45) is 7.05 Å². The molecule has 4 nitrogen and oxygen atoms in total. The Hall–Kier alpha value is -1.24. The van der Waals surface area contributed by atoms with Crippen LogP contribution in [0.3, 0.4) is 0 Å². The summed E-state index contributed by atoms with van der Waals surface area (Å²) in [5.74, 6) is -0.0411. The lowest BCUT2D eigenvalue weighted by atomic mass is 10.1. The average Bonchev–Trinajstić information content (AvgIpc) is 2.68. The van der Waals surface area contributed by atoms with Gasteiger partial charge in [0.2, 0.25) is 5.78 Å². The third kappa shape index (κ3) is 1.87. The van der Waals surface area contributed by atoms with Crippen LogP contribution in [0.4, 0.5) is 0 Å². The largest absolute Gasteiger partial charge is 0.287 e. The minimum atomic E-state index is -0.0411. The molecule has 0 bridgehead atoms. The highest BCUT2D eigenvalue weighted by Crippen LogP contribution is 2.19. The number of rotatable bonds is 2. The number of ketones is 1. The first kappa shape index (κ1) is 11.3. The van der Waals surface area contributed by atoms with Crippen LogP contribution in [-0.4, -0.2) is 20.8 Å². The van der Waals surface area contributed by atoms with Gasteiger partial charge in [-0.15, -0.1) is 5.10 Å². The summed E-state index contributed by atoms with van der Waals surface area (Å²) in [7, 11) is 1.71. The molecule has 82 valence electrons. The molecule has 1 aromatic heterocycles. The van der Waals surface area contributed by atoms with Crippen molar-refractivity contribution in [3.63, 3.8) is 0 Å². The Bertz CT molecular complexity index is 548. The van der Waals surface area contributed by atoms with Crippen LogP contribution in [-0.2, 0) is 7.05 Å². The second-order valence-electron chi connectivity index (χ2n) is 3.51. The first-order valence-electron chi connectivity index (χ1n) is 4.75. The molecular formula is C11H10IN3O. The van der Waals surface area contributed by atoms with Crippen molar-refractivity contribution in [3.05, 3.63) is 44.8 Å². The number of halogens is 1. The van der Waals surface area contributed by atoms with Crippen LogP contribution in [0, 0.1) is 10.5 Å². The molecular weight excluding hydrogens is 317 g/mol. The zero-order chi connectivity index (χ0) is 11.7. The van der Waals surface area contributed by atoms with Crippen molar-refractivity contribution < 1.29 is 4.79 Å². The molecule has 0 atom stereocenters. The molecule has 0 N–H and O–H groups in total. The van der Waals surface area contributed by atoms with E-state index in [-0.39, 0.29) is 5.78 Å². The van der Waals surface area contributed by atoms with E-state index in [1.165, 1.54) is 10.9 Å². The molecule has 0 aliphatic heterocycles. The third-order valence-electron chi connectivity index (χ3n) is 2.38. The molecule has 0 radical (unpaired) electrons. The minimum Gasteiger partial charge on any atom is -0.287 e. The first-order chi connectivity index (χ1) is 7.61. The third-order valence-corrected chi connectivity index (χ3v) is 3.82. The van der Waals surface area contributed by atoms with Gasteiger partial charge in [0.25, 0.3) is 0 Å². The standard InChI is InChI=1S/C11H10IN3O/c1-7-4-3-5-8(10(7)12)11(16)9-6-13-14-15(9)2/h3-6H,1-2H3. The van der Waals surface area contributed by atoms with Crippen molar-refractivity contribution in [3.8, 4) is 0 Å². The summed E-state index contributed by atoms with van der Waals surface area (Å²) in [6.45, 7) is 1.99. The normalized spacial score (nSPS) is 10.4. The minimum absolute atomic E-state index is 0.0411. The van der Waals surface area contributed by atoms with Crippen LogP contribution in [0.5, 0.6) is 0 Å². The summed E-state index contributed by atoms with van der Waals surface area (Å²) in [6, 6.07) is 5.69. The second-order valence-corrected chi connectivity index (χ2v) is 4.59. The van der Waals surface area contributed by atoms with Crippen LogP contribution < -0.4 is 0 Å². The molecule has 1 heterocycles. The van der Waals surface area contributed by atoms with E-state index in [1.54, 1.807) is 7.05 Å². The molecule has 0 saturated carbocycles. The molecule has 0 aliphatic rings. The number of aryl methyl sites for hydroxylation is 2. The van der Waals surface area contributed by atoms with Gasteiger partial charge in [-0.3, -0.25) is 4.79 Å². The molecule has 0 aliphatic carbocycles. The monoisotopic (exact) mass is 327 g/mol. The molecule has 16 heavy (non-hydrogen) atoms. The number of carbonyl (C=O) groups excluding carboxylic acids is 1. The van der Waals surface area contributed by atoms with Crippen LogP contribution in [0.2, 0.25) is 0 Å². The van der Waals surface area contributed by atoms with E-state index < -0.39 is 0 Å². The molecule has 2 rings (SSSR count). The number of hydrogen-bond acceptors (Lipinski definition) is 3. The van der Waals surface area contributed by atoms with Crippen molar-refractivity contribution in [2.45, 2.75) is 6.92 Å². The highest BCUT2D eigenvalue weighted by molar-refractivity contribution is 14.1. The van der Waals surface area contributed by atoms with Gasteiger partial charge in [-0.05, 0) is 41.1 Å². The molecule has 0 fully saturated rings. The molecule has 5 heteroatoms. The molecule has 0 spiro atoms. The van der Waals surface area contributed by atoms with Crippen molar-refractivity contribution >= 4 is 28.4 Å². The lowest BCUT2D eigenvalue weighted by molar-refractivity contribution is 0.102. The fourth-order valence-corrected chi connectivity index (χ4v) is 2.06. The van der Waals surface area contributed by atoms with Gasteiger partial charge < -0.3 is 0 Å². The average molecular weight is 327 g/mol. The van der Waals surface area contributed by atoms with E-state index >= 15 is 0 Å². The van der Waals surface area contributed by atoms with Crippen LogP contribution in [0.15, 0.2) is 24.4 Å². The summed E-state index contributed by atoms with van der Waals surface area (Å²) < 4.78 is 2.46. The molecule has 0 amide bonds. The Kier molecular flexibility index (Phi) is 3.04. The quantitative estimate of drug-likeness (QED) is 0.626. The highest BCUT2D eigenvalue weighted by Gasteiger charge is 2.16. The smallest absolute Gasteiger partial charge is 0.213 e. The van der Waals surface area contributed by atoms with E-state index in [9.17, 15) is 4.79 Å². The van der Waals surface area contributed by atoms with Gasteiger partial charge in [-0.25, -0.2) is 4.68 Å². The fraction of sp³-hybridized carbons (Fsp3) is 0.182. The summed E-state index contributed by atoms with van der Waals surface area (Å²) >= 11 is 2.19. The van der Waals surface area contributed by atoms with E-state index in [0.717, 1.165) is 9.13 Å². The lowest BCUT2D eigenvalue weighted by Crippen LogP contribution is -2.10. The number of hydrogen-bond donors (Lipinski definition) is 0. The Labute approximate surface area is 107 Å². The van der Waals surface area contributed by atoms with Gasteiger partial charge in [0.05, 0.1) is 6.20 Å². The first-order valence-corrected chi connectivity index (χ1v) is 5.83. The van der Waals surface area contributed by atoms with E-state index in [4.69, 9.17) is 0 Å². The predicted octanol–water partition coefficient (Wildman–Crippen LogP) is 1.96. The summed E-state index contributed by atoms with van der Waals surface area (Å²) in [5, 5.41) is 7.47. The van der Waals surface area contributed by atoms with E-state index in [1.807, 2.05) is 25.1 Å². The number of carbonyl (C=O) groups is 1. The van der Waals surface area contributed by atoms with Gasteiger partial charge >= 0.3 is 0 Å². The Morgan fingerprint density at radius 1 is 1.44 bits per heavy atom. The maximum atomic E-state index is 12.2. The fourth-order valence-electron chi connectivity index (χ4n) is 1.46. The second kappa shape index (κ2) is 4.32. The Morgan fingerprint density at radius 3 is 2.81 bits per heavy atom. The van der Waals surface area contributed by atoms with Crippen molar-refractivity contribution in [1.29, 1.82) is 0 Å².